The molecule has 6 heteroatoms. The fourth-order valence-electron chi connectivity index (χ4n) is 2.58. The molecule has 1 aromatic rings. The molecule has 0 aromatic carbocycles. The third-order valence-corrected chi connectivity index (χ3v) is 4.09. The molecule has 1 saturated carbocycles. The zero-order valence-corrected chi connectivity index (χ0v) is 11.4. The first-order valence-electron chi connectivity index (χ1n) is 6.94. The zero-order chi connectivity index (χ0) is 13.4. The lowest BCUT2D eigenvalue weighted by molar-refractivity contribution is 0.0633. The minimum absolute atomic E-state index is 0.0108. The highest BCUT2D eigenvalue weighted by molar-refractivity contribution is 5.98. The van der Waals surface area contributed by atoms with Gasteiger partial charge in [0, 0.05) is 39.8 Å². The molecule has 1 aromatic heterocycles. The molecular weight excluding hydrogens is 242 g/mol. The lowest BCUT2D eigenvalue weighted by Crippen LogP contribution is -2.49. The van der Waals surface area contributed by atoms with Crippen molar-refractivity contribution in [1.29, 1.82) is 0 Å². The van der Waals surface area contributed by atoms with Gasteiger partial charge in [0.2, 0.25) is 0 Å². The molecule has 0 bridgehead atoms. The van der Waals surface area contributed by atoms with Crippen LogP contribution >= 0.6 is 0 Å². The van der Waals surface area contributed by atoms with Crippen LogP contribution in [0.4, 0.5) is 5.82 Å². The van der Waals surface area contributed by atoms with E-state index < -0.39 is 0 Å². The number of hydrogen-bond acceptors (Lipinski definition) is 4. The molecule has 0 unspecified atom stereocenters. The van der Waals surface area contributed by atoms with Crippen molar-refractivity contribution >= 4 is 11.7 Å². The van der Waals surface area contributed by atoms with Crippen LogP contribution in [-0.4, -0.2) is 58.2 Å². The third-order valence-electron chi connectivity index (χ3n) is 4.09. The van der Waals surface area contributed by atoms with Crippen molar-refractivity contribution in [2.24, 2.45) is 13.0 Å². The van der Waals surface area contributed by atoms with Crippen molar-refractivity contribution in [3.63, 3.8) is 0 Å². The maximum Gasteiger partial charge on any atom is 0.259 e. The molecule has 6 nitrogen and oxygen atoms in total. The van der Waals surface area contributed by atoms with Crippen molar-refractivity contribution in [3.05, 3.63) is 11.8 Å². The van der Waals surface area contributed by atoms with E-state index in [9.17, 15) is 4.79 Å². The topological polar surface area (TPSA) is 67.4 Å². The lowest BCUT2D eigenvalue weighted by Gasteiger charge is -2.34. The van der Waals surface area contributed by atoms with Crippen molar-refractivity contribution in [3.8, 4) is 0 Å². The normalized spacial score (nSPS) is 20.8. The molecule has 2 heterocycles. The summed E-state index contributed by atoms with van der Waals surface area (Å²) < 4.78 is 1.54. The second-order valence-corrected chi connectivity index (χ2v) is 5.60. The summed E-state index contributed by atoms with van der Waals surface area (Å²) in [6.45, 7) is 4.74. The van der Waals surface area contributed by atoms with Gasteiger partial charge in [-0.15, -0.1) is 0 Å². The molecule has 104 valence electrons. The van der Waals surface area contributed by atoms with Gasteiger partial charge in [-0.05, 0) is 18.8 Å². The molecule has 2 aliphatic rings. The van der Waals surface area contributed by atoms with Crippen LogP contribution in [0.25, 0.3) is 0 Å². The number of nitrogens with two attached hydrogens (primary N) is 1. The zero-order valence-electron chi connectivity index (χ0n) is 11.4. The molecule has 0 spiro atoms. The third kappa shape index (κ3) is 2.58. The van der Waals surface area contributed by atoms with E-state index in [1.165, 1.54) is 24.1 Å². The molecule has 1 amide bonds. The summed E-state index contributed by atoms with van der Waals surface area (Å²) in [5.74, 6) is 1.37. The summed E-state index contributed by atoms with van der Waals surface area (Å²) in [4.78, 5) is 16.7. The minimum Gasteiger partial charge on any atom is -0.383 e. The largest absolute Gasteiger partial charge is 0.383 e. The Labute approximate surface area is 113 Å². The quantitative estimate of drug-likeness (QED) is 0.844. The number of rotatable bonds is 3. The van der Waals surface area contributed by atoms with Gasteiger partial charge in [-0.3, -0.25) is 14.4 Å². The molecule has 1 aliphatic heterocycles. The van der Waals surface area contributed by atoms with Crippen LogP contribution in [0.15, 0.2) is 6.20 Å². The van der Waals surface area contributed by atoms with Crippen LogP contribution in [0.1, 0.15) is 23.2 Å². The Morgan fingerprint density at radius 2 is 2.05 bits per heavy atom. The van der Waals surface area contributed by atoms with Gasteiger partial charge in [0.15, 0.2) is 0 Å². The van der Waals surface area contributed by atoms with E-state index in [0.717, 1.165) is 32.1 Å². The summed E-state index contributed by atoms with van der Waals surface area (Å²) in [6, 6.07) is 0. The highest BCUT2D eigenvalue weighted by Gasteiger charge is 2.28. The van der Waals surface area contributed by atoms with Crippen LogP contribution in [0.2, 0.25) is 0 Å². The maximum atomic E-state index is 12.3. The van der Waals surface area contributed by atoms with Gasteiger partial charge in [-0.25, -0.2) is 0 Å². The molecular formula is C13H21N5O. The Bertz CT molecular complexity index is 471. The molecule has 0 radical (unpaired) electrons. The first kappa shape index (κ1) is 12.5. The maximum absolute atomic E-state index is 12.3. The van der Waals surface area contributed by atoms with Crippen molar-refractivity contribution in [2.75, 3.05) is 38.5 Å². The number of piperazine rings is 1. The van der Waals surface area contributed by atoms with Crippen LogP contribution in [-0.2, 0) is 7.05 Å². The highest BCUT2D eigenvalue weighted by Crippen LogP contribution is 2.30. The Kier molecular flexibility index (Phi) is 3.18. The number of aromatic nitrogens is 2. The number of aryl methyl sites for hydroxylation is 1. The second-order valence-electron chi connectivity index (χ2n) is 5.60. The Morgan fingerprint density at radius 3 is 2.58 bits per heavy atom. The van der Waals surface area contributed by atoms with E-state index >= 15 is 0 Å². The number of carbonyl (C=O) groups excluding carboxylic acids is 1. The fourth-order valence-corrected chi connectivity index (χ4v) is 2.58. The van der Waals surface area contributed by atoms with Gasteiger partial charge in [0.05, 0.1) is 6.20 Å². The van der Waals surface area contributed by atoms with Crippen LogP contribution in [0.5, 0.6) is 0 Å². The van der Waals surface area contributed by atoms with Gasteiger partial charge < -0.3 is 10.6 Å². The first-order chi connectivity index (χ1) is 9.15. The molecule has 1 saturated heterocycles. The standard InChI is InChI=1S/C13H21N5O/c1-16-12(14)11(8-15-16)13(19)18-6-4-17(5-7-18)9-10-2-3-10/h8,10H,2-7,9,14H2,1H3. The van der Waals surface area contributed by atoms with E-state index in [2.05, 4.69) is 10.00 Å². The minimum atomic E-state index is 0.0108. The summed E-state index contributed by atoms with van der Waals surface area (Å²) >= 11 is 0. The smallest absolute Gasteiger partial charge is 0.259 e. The summed E-state index contributed by atoms with van der Waals surface area (Å²) in [6.07, 6.45) is 4.32. The van der Waals surface area contributed by atoms with Crippen LogP contribution in [0, 0.1) is 5.92 Å². The number of carbonyl (C=O) groups is 1. The number of nitrogens with zero attached hydrogens (tertiary/aromatic N) is 4. The van der Waals surface area contributed by atoms with Crippen molar-refractivity contribution in [2.45, 2.75) is 12.8 Å². The average molecular weight is 263 g/mol. The van der Waals surface area contributed by atoms with E-state index in [1.807, 2.05) is 4.90 Å². The summed E-state index contributed by atoms with van der Waals surface area (Å²) in [5.41, 5.74) is 6.38. The van der Waals surface area contributed by atoms with Crippen LogP contribution in [0.3, 0.4) is 0 Å². The first-order valence-corrected chi connectivity index (χ1v) is 6.94. The van der Waals surface area contributed by atoms with Gasteiger partial charge in [-0.2, -0.15) is 5.10 Å². The Morgan fingerprint density at radius 1 is 1.37 bits per heavy atom. The number of hydrogen-bond donors (Lipinski definition) is 1. The second kappa shape index (κ2) is 4.85. The predicted octanol–water partition coefficient (Wildman–Crippen LogP) is 0.170. The molecule has 2 fully saturated rings. The van der Waals surface area contributed by atoms with Gasteiger partial charge in [0.25, 0.3) is 5.91 Å². The number of anilines is 1. The van der Waals surface area contributed by atoms with E-state index in [1.54, 1.807) is 13.2 Å². The molecule has 19 heavy (non-hydrogen) atoms. The van der Waals surface area contributed by atoms with Crippen molar-refractivity contribution in [1.82, 2.24) is 19.6 Å². The van der Waals surface area contributed by atoms with E-state index in [-0.39, 0.29) is 5.91 Å². The predicted molar refractivity (Wildman–Crippen MR) is 72.7 cm³/mol. The van der Waals surface area contributed by atoms with Crippen LogP contribution < -0.4 is 5.73 Å². The van der Waals surface area contributed by atoms with E-state index in [4.69, 9.17) is 5.73 Å². The monoisotopic (exact) mass is 263 g/mol. The summed E-state index contributed by atoms with van der Waals surface area (Å²) in [7, 11) is 1.75. The molecule has 0 atom stereocenters. The van der Waals surface area contributed by atoms with Crippen molar-refractivity contribution < 1.29 is 4.79 Å². The molecule has 3 rings (SSSR count). The number of nitrogen functional groups attached to an aromatic ring is 1. The van der Waals surface area contributed by atoms with Gasteiger partial charge >= 0.3 is 0 Å². The summed E-state index contributed by atoms with van der Waals surface area (Å²) in [5, 5.41) is 4.03. The van der Waals surface area contributed by atoms with E-state index in [0.29, 0.717) is 11.4 Å². The fraction of sp³-hybridized carbons (Fsp3) is 0.692. The van der Waals surface area contributed by atoms with Gasteiger partial charge in [-0.1, -0.05) is 0 Å². The number of amides is 1. The highest BCUT2D eigenvalue weighted by atomic mass is 16.2. The average Bonchev–Trinajstić information content (AvgIpc) is 3.17. The molecule has 2 N–H and O–H groups in total. The lowest BCUT2D eigenvalue weighted by atomic mass is 10.2. The van der Waals surface area contributed by atoms with Gasteiger partial charge in [0.1, 0.15) is 11.4 Å². The SMILES string of the molecule is Cn1ncc(C(=O)N2CCN(CC3CC3)CC2)c1N. The Hall–Kier alpha value is -1.56. The Balaban J connectivity index is 1.58. The molecule has 1 aliphatic carbocycles.